The zero-order chi connectivity index (χ0) is 14.4. The molecule has 0 bridgehead atoms. The van der Waals surface area contributed by atoms with Gasteiger partial charge in [0, 0.05) is 22.8 Å². The van der Waals surface area contributed by atoms with Crippen LogP contribution in [0.2, 0.25) is 0 Å². The lowest BCUT2D eigenvalue weighted by molar-refractivity contribution is -0.120. The lowest BCUT2D eigenvalue weighted by atomic mass is 10.2. The van der Waals surface area contributed by atoms with Gasteiger partial charge in [-0.3, -0.25) is 9.59 Å². The van der Waals surface area contributed by atoms with Gasteiger partial charge in [0.2, 0.25) is 5.91 Å². The second-order valence-corrected chi connectivity index (χ2v) is 4.99. The third-order valence-corrected chi connectivity index (χ3v) is 3.28. The van der Waals surface area contributed by atoms with E-state index >= 15 is 0 Å². The highest BCUT2D eigenvalue weighted by Crippen LogP contribution is 2.05. The average Bonchev–Trinajstić information content (AvgIpc) is 2.96. The van der Waals surface area contributed by atoms with Crippen molar-refractivity contribution >= 4 is 28.8 Å². The summed E-state index contributed by atoms with van der Waals surface area (Å²) in [4.78, 5) is 27.4. The Balaban J connectivity index is 1.75. The summed E-state index contributed by atoms with van der Waals surface area (Å²) >= 11 is 1.46. The molecule has 0 radical (unpaired) electrons. The van der Waals surface area contributed by atoms with Crippen molar-refractivity contribution in [3.63, 3.8) is 0 Å². The molecule has 2 aromatic rings. The summed E-state index contributed by atoms with van der Waals surface area (Å²) in [5.41, 5.74) is 6.58. The number of amides is 2. The minimum Gasteiger partial charge on any atom is -0.399 e. The second-order valence-electron chi connectivity index (χ2n) is 4.01. The van der Waals surface area contributed by atoms with Gasteiger partial charge in [0.1, 0.15) is 5.01 Å². The number of nitrogens with one attached hydrogen (secondary N) is 2. The number of nitrogen functional groups attached to an aromatic ring is 1. The predicted octanol–water partition coefficient (Wildman–Crippen LogP) is 0.771. The van der Waals surface area contributed by atoms with Gasteiger partial charge < -0.3 is 16.4 Å². The van der Waals surface area contributed by atoms with Crippen molar-refractivity contribution in [2.24, 2.45) is 0 Å². The summed E-state index contributed by atoms with van der Waals surface area (Å²) in [6, 6.07) is 6.49. The lowest BCUT2D eigenvalue weighted by Crippen LogP contribution is -2.36. The second kappa shape index (κ2) is 6.67. The van der Waals surface area contributed by atoms with Crippen LogP contribution in [0.4, 0.5) is 5.69 Å². The van der Waals surface area contributed by atoms with Crippen LogP contribution >= 0.6 is 11.3 Å². The number of aromatic nitrogens is 1. The average molecular weight is 290 g/mol. The van der Waals surface area contributed by atoms with E-state index in [0.717, 1.165) is 5.01 Å². The number of benzene rings is 1. The molecule has 0 saturated carbocycles. The molecule has 0 aliphatic rings. The molecule has 7 heteroatoms. The summed E-state index contributed by atoms with van der Waals surface area (Å²) in [6.45, 7) is 0.294. The van der Waals surface area contributed by atoms with Crippen LogP contribution in [0.1, 0.15) is 15.4 Å². The fourth-order valence-electron chi connectivity index (χ4n) is 1.47. The smallest absolute Gasteiger partial charge is 0.251 e. The highest BCUT2D eigenvalue weighted by Gasteiger charge is 2.08. The number of thiazole rings is 1. The highest BCUT2D eigenvalue weighted by atomic mass is 32.1. The summed E-state index contributed by atoms with van der Waals surface area (Å²) in [6.07, 6.45) is 1.68. The first kappa shape index (κ1) is 14.0. The van der Waals surface area contributed by atoms with Crippen molar-refractivity contribution in [3.05, 3.63) is 46.4 Å². The third-order valence-electron chi connectivity index (χ3n) is 2.50. The van der Waals surface area contributed by atoms with Crippen LogP contribution in [0.3, 0.4) is 0 Å². The monoisotopic (exact) mass is 290 g/mol. The molecule has 4 N–H and O–H groups in total. The fourth-order valence-corrected chi connectivity index (χ4v) is 2.03. The maximum atomic E-state index is 11.8. The normalized spacial score (nSPS) is 10.0. The van der Waals surface area contributed by atoms with Gasteiger partial charge in [-0.1, -0.05) is 0 Å². The van der Waals surface area contributed by atoms with Crippen molar-refractivity contribution in [3.8, 4) is 0 Å². The van der Waals surface area contributed by atoms with Gasteiger partial charge in [-0.05, 0) is 24.3 Å². The Morgan fingerprint density at radius 1 is 1.20 bits per heavy atom. The molecule has 6 nitrogen and oxygen atoms in total. The standard InChI is InChI=1S/C13H14N4O2S/c14-10-3-1-9(2-4-10)13(19)17-7-11(18)16-8-12-15-5-6-20-12/h1-6H,7-8,14H2,(H,16,18)(H,17,19). The summed E-state index contributed by atoms with van der Waals surface area (Å²) < 4.78 is 0. The van der Waals surface area contributed by atoms with E-state index in [1.165, 1.54) is 11.3 Å². The van der Waals surface area contributed by atoms with Crippen molar-refractivity contribution in [2.75, 3.05) is 12.3 Å². The SMILES string of the molecule is Nc1ccc(C(=O)NCC(=O)NCc2nccs2)cc1. The van der Waals surface area contributed by atoms with Crippen molar-refractivity contribution in [1.29, 1.82) is 0 Å². The molecule has 1 aromatic carbocycles. The largest absolute Gasteiger partial charge is 0.399 e. The molecular formula is C13H14N4O2S. The maximum Gasteiger partial charge on any atom is 0.251 e. The first-order valence-corrected chi connectivity index (χ1v) is 6.82. The van der Waals surface area contributed by atoms with Crippen LogP contribution in [0.25, 0.3) is 0 Å². The van der Waals surface area contributed by atoms with Gasteiger partial charge >= 0.3 is 0 Å². The van der Waals surface area contributed by atoms with Crippen LogP contribution in [0, 0.1) is 0 Å². The Bertz CT molecular complexity index is 581. The first-order valence-electron chi connectivity index (χ1n) is 5.94. The van der Waals surface area contributed by atoms with E-state index in [9.17, 15) is 9.59 Å². The predicted molar refractivity (Wildman–Crippen MR) is 77.1 cm³/mol. The van der Waals surface area contributed by atoms with Crippen molar-refractivity contribution < 1.29 is 9.59 Å². The van der Waals surface area contributed by atoms with E-state index < -0.39 is 0 Å². The van der Waals surface area contributed by atoms with Crippen LogP contribution in [0.15, 0.2) is 35.8 Å². The molecule has 0 aliphatic carbocycles. The quantitative estimate of drug-likeness (QED) is 0.709. The number of nitrogens with zero attached hydrogens (tertiary/aromatic N) is 1. The van der Waals surface area contributed by atoms with E-state index in [1.807, 2.05) is 5.38 Å². The summed E-state index contributed by atoms with van der Waals surface area (Å²) in [5, 5.41) is 7.87. The molecule has 0 aliphatic heterocycles. The van der Waals surface area contributed by atoms with Gasteiger partial charge in [-0.15, -0.1) is 11.3 Å². The molecule has 2 rings (SSSR count). The molecule has 20 heavy (non-hydrogen) atoms. The van der Waals surface area contributed by atoms with Crippen LogP contribution in [0.5, 0.6) is 0 Å². The Kier molecular flexibility index (Phi) is 4.67. The molecule has 104 valence electrons. The third kappa shape index (κ3) is 4.06. The van der Waals surface area contributed by atoms with Gasteiger partial charge in [-0.25, -0.2) is 4.98 Å². The van der Waals surface area contributed by atoms with Crippen LogP contribution in [-0.2, 0) is 11.3 Å². The molecular weight excluding hydrogens is 276 g/mol. The van der Waals surface area contributed by atoms with Gasteiger partial charge in [0.25, 0.3) is 5.91 Å². The van der Waals surface area contributed by atoms with E-state index in [2.05, 4.69) is 15.6 Å². The molecule has 2 amide bonds. The molecule has 1 heterocycles. The Morgan fingerprint density at radius 3 is 2.60 bits per heavy atom. The zero-order valence-corrected chi connectivity index (χ0v) is 11.4. The highest BCUT2D eigenvalue weighted by molar-refractivity contribution is 7.09. The topological polar surface area (TPSA) is 97.1 Å². The fraction of sp³-hybridized carbons (Fsp3) is 0.154. The number of carbonyl (C=O) groups excluding carboxylic acids is 2. The van der Waals surface area contributed by atoms with E-state index in [-0.39, 0.29) is 18.4 Å². The molecule has 0 spiro atoms. The van der Waals surface area contributed by atoms with Crippen molar-refractivity contribution in [1.82, 2.24) is 15.6 Å². The van der Waals surface area contributed by atoms with E-state index in [0.29, 0.717) is 17.8 Å². The molecule has 0 unspecified atom stereocenters. The number of hydrogen-bond donors (Lipinski definition) is 3. The molecule has 0 fully saturated rings. The Labute approximate surface area is 120 Å². The van der Waals surface area contributed by atoms with E-state index in [1.54, 1.807) is 30.5 Å². The number of hydrogen-bond acceptors (Lipinski definition) is 5. The van der Waals surface area contributed by atoms with Crippen LogP contribution < -0.4 is 16.4 Å². The zero-order valence-electron chi connectivity index (χ0n) is 10.6. The van der Waals surface area contributed by atoms with Gasteiger partial charge in [0.05, 0.1) is 13.1 Å². The van der Waals surface area contributed by atoms with E-state index in [4.69, 9.17) is 5.73 Å². The number of carbonyl (C=O) groups is 2. The Hall–Kier alpha value is -2.41. The Morgan fingerprint density at radius 2 is 1.95 bits per heavy atom. The van der Waals surface area contributed by atoms with Gasteiger partial charge in [-0.2, -0.15) is 0 Å². The lowest BCUT2D eigenvalue weighted by Gasteiger charge is -2.06. The first-order chi connectivity index (χ1) is 9.65. The molecule has 0 saturated heterocycles. The minimum atomic E-state index is -0.311. The number of anilines is 1. The molecule has 0 atom stereocenters. The van der Waals surface area contributed by atoms with Gasteiger partial charge in [0.15, 0.2) is 0 Å². The summed E-state index contributed by atoms with van der Waals surface area (Å²) in [5.74, 6) is -0.571. The van der Waals surface area contributed by atoms with Crippen LogP contribution in [-0.4, -0.2) is 23.3 Å². The maximum absolute atomic E-state index is 11.8. The summed E-state index contributed by atoms with van der Waals surface area (Å²) in [7, 11) is 0. The number of rotatable bonds is 5. The van der Waals surface area contributed by atoms with Crippen molar-refractivity contribution in [2.45, 2.75) is 6.54 Å². The molecule has 1 aromatic heterocycles. The number of nitrogens with two attached hydrogens (primary N) is 1. The minimum absolute atomic E-state index is 0.0748.